The van der Waals surface area contributed by atoms with Gasteiger partial charge in [-0.2, -0.15) is 0 Å². The molecular formula is C22H22N2O4. The maximum Gasteiger partial charge on any atom is 0.290 e. The number of hydrogen-bond acceptors (Lipinski definition) is 5. The third-order valence-electron chi connectivity index (χ3n) is 5.42. The van der Waals surface area contributed by atoms with Crippen LogP contribution >= 0.6 is 0 Å². The second-order valence-electron chi connectivity index (χ2n) is 6.91. The van der Waals surface area contributed by atoms with Crippen LogP contribution in [0.15, 0.2) is 59.3 Å². The first-order chi connectivity index (χ1) is 13.6. The summed E-state index contributed by atoms with van der Waals surface area (Å²) in [4.78, 5) is 12.6. The van der Waals surface area contributed by atoms with Crippen molar-refractivity contribution in [3.63, 3.8) is 0 Å². The standard InChI is InChI=1S/C22H22N2O4/c1-13-20(14-7-5-4-6-8-14)15-11-18(26-2)19(27-3)12-16(15)21(13)24-22(25)17-9-10-23-28-17/h4-13,20-21H,1-3H3,(H,24,25)/t13-,20+,21+/m1/s1. The van der Waals surface area contributed by atoms with Crippen LogP contribution in [0.4, 0.5) is 0 Å². The van der Waals surface area contributed by atoms with Crippen LogP contribution in [0.2, 0.25) is 0 Å². The highest BCUT2D eigenvalue weighted by atomic mass is 16.5. The van der Waals surface area contributed by atoms with Gasteiger partial charge in [-0.25, -0.2) is 0 Å². The Labute approximate surface area is 163 Å². The van der Waals surface area contributed by atoms with Crippen LogP contribution in [0.5, 0.6) is 11.5 Å². The summed E-state index contributed by atoms with van der Waals surface area (Å²) in [5.74, 6) is 1.47. The Bertz CT molecular complexity index is 970. The molecule has 1 aliphatic carbocycles. The molecule has 6 nitrogen and oxygen atoms in total. The number of fused-ring (bicyclic) bond motifs is 1. The Kier molecular flexibility index (Phi) is 4.77. The van der Waals surface area contributed by atoms with Gasteiger partial charge in [-0.15, -0.1) is 0 Å². The molecule has 0 saturated heterocycles. The molecule has 3 atom stereocenters. The fourth-order valence-corrected chi connectivity index (χ4v) is 4.11. The van der Waals surface area contributed by atoms with Crippen molar-refractivity contribution in [2.45, 2.75) is 18.9 Å². The zero-order valence-corrected chi connectivity index (χ0v) is 16.0. The fourth-order valence-electron chi connectivity index (χ4n) is 4.11. The van der Waals surface area contributed by atoms with Crippen LogP contribution in [0, 0.1) is 5.92 Å². The molecule has 1 heterocycles. The van der Waals surface area contributed by atoms with Crippen molar-refractivity contribution in [1.29, 1.82) is 0 Å². The maximum atomic E-state index is 12.6. The minimum Gasteiger partial charge on any atom is -0.493 e. The summed E-state index contributed by atoms with van der Waals surface area (Å²) < 4.78 is 16.0. The van der Waals surface area contributed by atoms with Crippen LogP contribution in [0.1, 0.15) is 46.1 Å². The van der Waals surface area contributed by atoms with Gasteiger partial charge in [0.15, 0.2) is 11.5 Å². The average molecular weight is 378 g/mol. The third kappa shape index (κ3) is 3.01. The number of carbonyl (C=O) groups excluding carboxylic acids is 1. The summed E-state index contributed by atoms with van der Waals surface area (Å²) in [5, 5.41) is 6.73. The highest BCUT2D eigenvalue weighted by molar-refractivity contribution is 5.91. The van der Waals surface area contributed by atoms with Gasteiger partial charge in [0.25, 0.3) is 5.91 Å². The van der Waals surface area contributed by atoms with Gasteiger partial charge in [0.2, 0.25) is 5.76 Å². The summed E-state index contributed by atoms with van der Waals surface area (Å²) in [5.41, 5.74) is 3.34. The van der Waals surface area contributed by atoms with E-state index >= 15 is 0 Å². The zero-order valence-electron chi connectivity index (χ0n) is 16.0. The number of nitrogens with one attached hydrogen (secondary N) is 1. The Morgan fingerprint density at radius 1 is 1.04 bits per heavy atom. The smallest absolute Gasteiger partial charge is 0.290 e. The lowest BCUT2D eigenvalue weighted by molar-refractivity contribution is 0.0888. The van der Waals surface area contributed by atoms with Crippen LogP contribution in [0.25, 0.3) is 0 Å². The van der Waals surface area contributed by atoms with Gasteiger partial charge < -0.3 is 19.3 Å². The van der Waals surface area contributed by atoms with E-state index in [2.05, 4.69) is 29.5 Å². The summed E-state index contributed by atoms with van der Waals surface area (Å²) in [6.45, 7) is 2.14. The van der Waals surface area contributed by atoms with E-state index in [1.807, 2.05) is 30.3 Å². The van der Waals surface area contributed by atoms with E-state index in [4.69, 9.17) is 14.0 Å². The number of benzene rings is 2. The molecule has 144 valence electrons. The minimum atomic E-state index is -0.288. The van der Waals surface area contributed by atoms with Gasteiger partial charge in [0.05, 0.1) is 26.5 Å². The number of amides is 1. The normalized spacial score (nSPS) is 20.5. The van der Waals surface area contributed by atoms with Crippen molar-refractivity contribution in [2.24, 2.45) is 5.92 Å². The molecule has 1 aliphatic rings. The van der Waals surface area contributed by atoms with Crippen LogP contribution in [0.3, 0.4) is 0 Å². The van der Waals surface area contributed by atoms with Crippen molar-refractivity contribution >= 4 is 5.91 Å². The van der Waals surface area contributed by atoms with Crippen molar-refractivity contribution in [2.75, 3.05) is 14.2 Å². The van der Waals surface area contributed by atoms with E-state index in [-0.39, 0.29) is 29.5 Å². The largest absolute Gasteiger partial charge is 0.493 e. The molecule has 28 heavy (non-hydrogen) atoms. The molecular weight excluding hydrogens is 356 g/mol. The molecule has 6 heteroatoms. The van der Waals surface area contributed by atoms with Gasteiger partial charge in [0, 0.05) is 12.0 Å². The third-order valence-corrected chi connectivity index (χ3v) is 5.42. The lowest BCUT2D eigenvalue weighted by Gasteiger charge is -2.22. The molecule has 3 aromatic rings. The van der Waals surface area contributed by atoms with Crippen molar-refractivity contribution in [3.8, 4) is 11.5 Å². The molecule has 1 amide bonds. The summed E-state index contributed by atoms with van der Waals surface area (Å²) >= 11 is 0. The summed E-state index contributed by atoms with van der Waals surface area (Å²) in [6, 6.07) is 15.6. The van der Waals surface area contributed by atoms with Gasteiger partial charge in [-0.1, -0.05) is 42.4 Å². The molecule has 1 N–H and O–H groups in total. The van der Waals surface area contributed by atoms with Gasteiger partial charge in [0.1, 0.15) is 0 Å². The van der Waals surface area contributed by atoms with Crippen LogP contribution in [-0.4, -0.2) is 25.3 Å². The molecule has 2 aromatic carbocycles. The monoisotopic (exact) mass is 378 g/mol. The number of hydrogen-bond donors (Lipinski definition) is 1. The average Bonchev–Trinajstić information content (AvgIpc) is 3.35. The second-order valence-corrected chi connectivity index (χ2v) is 6.91. The fraction of sp³-hybridized carbons (Fsp3) is 0.273. The topological polar surface area (TPSA) is 73.6 Å². The van der Waals surface area contributed by atoms with Crippen molar-refractivity contribution in [3.05, 3.63) is 77.2 Å². The quantitative estimate of drug-likeness (QED) is 0.728. The van der Waals surface area contributed by atoms with Crippen LogP contribution < -0.4 is 14.8 Å². The zero-order chi connectivity index (χ0) is 19.7. The highest BCUT2D eigenvalue weighted by Crippen LogP contribution is 2.51. The van der Waals surface area contributed by atoms with Crippen LogP contribution in [-0.2, 0) is 0 Å². The Balaban J connectivity index is 1.79. The molecule has 0 bridgehead atoms. The molecule has 1 aromatic heterocycles. The number of carbonyl (C=O) groups is 1. The van der Waals surface area contributed by atoms with Crippen molar-refractivity contribution in [1.82, 2.24) is 10.5 Å². The SMILES string of the molecule is COc1cc2c(cc1OC)[C@@H](NC(=O)c1ccno1)[C@H](C)[C@H]2c1ccccc1. The van der Waals surface area contributed by atoms with Gasteiger partial charge >= 0.3 is 0 Å². The van der Waals surface area contributed by atoms with E-state index in [9.17, 15) is 4.79 Å². The lowest BCUT2D eigenvalue weighted by atomic mass is 9.86. The number of aromatic nitrogens is 1. The number of methoxy groups -OCH3 is 2. The summed E-state index contributed by atoms with van der Waals surface area (Å²) in [6.07, 6.45) is 1.46. The number of ether oxygens (including phenoxy) is 2. The molecule has 0 fully saturated rings. The first-order valence-electron chi connectivity index (χ1n) is 9.16. The molecule has 0 saturated carbocycles. The Hall–Kier alpha value is -3.28. The Morgan fingerprint density at radius 2 is 1.71 bits per heavy atom. The minimum absolute atomic E-state index is 0.121. The molecule has 0 spiro atoms. The number of rotatable bonds is 5. The first kappa shape index (κ1) is 18.1. The van der Waals surface area contributed by atoms with E-state index in [0.717, 1.165) is 11.1 Å². The Morgan fingerprint density at radius 3 is 2.32 bits per heavy atom. The first-order valence-corrected chi connectivity index (χ1v) is 9.16. The molecule has 4 rings (SSSR count). The van der Waals surface area contributed by atoms with E-state index in [1.165, 1.54) is 11.8 Å². The molecule has 0 aliphatic heterocycles. The predicted molar refractivity (Wildman–Crippen MR) is 104 cm³/mol. The van der Waals surface area contributed by atoms with Gasteiger partial charge in [-0.3, -0.25) is 4.79 Å². The summed E-state index contributed by atoms with van der Waals surface area (Å²) in [7, 11) is 3.24. The lowest BCUT2D eigenvalue weighted by Crippen LogP contribution is -2.31. The van der Waals surface area contributed by atoms with Crippen molar-refractivity contribution < 1.29 is 18.8 Å². The van der Waals surface area contributed by atoms with Gasteiger partial charge in [-0.05, 0) is 34.7 Å². The predicted octanol–water partition coefficient (Wildman–Crippen LogP) is 3.94. The molecule has 0 unspecified atom stereocenters. The maximum absolute atomic E-state index is 12.6. The molecule has 0 radical (unpaired) electrons. The second kappa shape index (κ2) is 7.38. The van der Waals surface area contributed by atoms with E-state index in [0.29, 0.717) is 11.5 Å². The number of nitrogens with zero attached hydrogens (tertiary/aromatic N) is 1. The van der Waals surface area contributed by atoms with E-state index in [1.54, 1.807) is 20.3 Å². The highest BCUT2D eigenvalue weighted by Gasteiger charge is 2.41. The van der Waals surface area contributed by atoms with E-state index < -0.39 is 0 Å².